The van der Waals surface area contributed by atoms with E-state index >= 15 is 0 Å². The Morgan fingerprint density at radius 1 is 1.06 bits per heavy atom. The van der Waals surface area contributed by atoms with Crippen LogP contribution in [0.2, 0.25) is 0 Å². The van der Waals surface area contributed by atoms with Crippen molar-refractivity contribution in [3.05, 3.63) is 64.1 Å². The van der Waals surface area contributed by atoms with Gasteiger partial charge in [0, 0.05) is 18.3 Å². The van der Waals surface area contributed by atoms with Gasteiger partial charge in [-0.25, -0.2) is 4.98 Å². The number of fused-ring (bicyclic) bond motifs is 1. The molecule has 0 fully saturated rings. The summed E-state index contributed by atoms with van der Waals surface area (Å²) in [6, 6.07) is 15.0. The van der Waals surface area contributed by atoms with Gasteiger partial charge in [0.1, 0.15) is 0 Å². The van der Waals surface area contributed by atoms with Crippen LogP contribution < -0.4 is 5.73 Å². The molecule has 0 unspecified atom stereocenters. The van der Waals surface area contributed by atoms with Crippen molar-refractivity contribution in [2.45, 2.75) is 13.0 Å². The molecular weight excluding hydrogens is 240 g/mol. The molecule has 18 heavy (non-hydrogen) atoms. The normalized spacial score (nSPS) is 10.9. The van der Waals surface area contributed by atoms with Crippen LogP contribution in [0.15, 0.2) is 47.8 Å². The van der Waals surface area contributed by atoms with Gasteiger partial charge in [-0.3, -0.25) is 0 Å². The number of rotatable bonds is 3. The van der Waals surface area contributed by atoms with Crippen molar-refractivity contribution in [3.63, 3.8) is 0 Å². The number of hydrogen-bond acceptors (Lipinski definition) is 3. The summed E-state index contributed by atoms with van der Waals surface area (Å²) >= 11 is 1.68. The van der Waals surface area contributed by atoms with E-state index in [2.05, 4.69) is 47.4 Å². The van der Waals surface area contributed by atoms with Gasteiger partial charge in [0.05, 0.1) is 10.7 Å². The zero-order valence-corrected chi connectivity index (χ0v) is 10.8. The molecule has 0 amide bonds. The first-order valence-corrected chi connectivity index (χ1v) is 6.84. The second-order valence-corrected chi connectivity index (χ2v) is 5.24. The lowest BCUT2D eigenvalue weighted by Gasteiger charge is -2.01. The predicted octanol–water partition coefficient (Wildman–Crippen LogP) is 3.35. The molecule has 2 nitrogen and oxygen atoms in total. The average molecular weight is 254 g/mol. The molecule has 0 spiro atoms. The van der Waals surface area contributed by atoms with E-state index < -0.39 is 0 Å². The van der Waals surface area contributed by atoms with Crippen molar-refractivity contribution >= 4 is 22.1 Å². The molecule has 90 valence electrons. The van der Waals surface area contributed by atoms with Crippen molar-refractivity contribution in [1.82, 2.24) is 4.98 Å². The van der Waals surface area contributed by atoms with Crippen LogP contribution >= 0.6 is 11.3 Å². The van der Waals surface area contributed by atoms with E-state index in [0.717, 1.165) is 17.1 Å². The Kier molecular flexibility index (Phi) is 3.09. The first-order valence-electron chi connectivity index (χ1n) is 5.96. The van der Waals surface area contributed by atoms with E-state index in [4.69, 9.17) is 5.73 Å². The molecule has 0 aliphatic rings. The summed E-state index contributed by atoms with van der Waals surface area (Å²) in [5, 5.41) is 5.73. The fraction of sp³-hybridized carbons (Fsp3) is 0.133. The van der Waals surface area contributed by atoms with E-state index in [9.17, 15) is 0 Å². The summed E-state index contributed by atoms with van der Waals surface area (Å²) in [5.74, 6) is 0. The summed E-state index contributed by atoms with van der Waals surface area (Å²) in [7, 11) is 0. The molecule has 0 bridgehead atoms. The number of thiazole rings is 1. The Morgan fingerprint density at radius 3 is 2.67 bits per heavy atom. The zero-order valence-electron chi connectivity index (χ0n) is 9.97. The van der Waals surface area contributed by atoms with Gasteiger partial charge in [0.2, 0.25) is 0 Å². The van der Waals surface area contributed by atoms with Crippen molar-refractivity contribution in [2.24, 2.45) is 5.73 Å². The zero-order chi connectivity index (χ0) is 12.4. The lowest BCUT2D eigenvalue weighted by Crippen LogP contribution is -1.96. The number of hydrogen-bond donors (Lipinski definition) is 1. The molecule has 1 heterocycles. The highest BCUT2D eigenvalue weighted by Gasteiger charge is 2.03. The van der Waals surface area contributed by atoms with Crippen molar-refractivity contribution < 1.29 is 0 Å². The van der Waals surface area contributed by atoms with Gasteiger partial charge in [0.25, 0.3) is 0 Å². The Morgan fingerprint density at radius 2 is 1.89 bits per heavy atom. The largest absolute Gasteiger partial charge is 0.325 e. The van der Waals surface area contributed by atoms with Gasteiger partial charge in [0.15, 0.2) is 0 Å². The topological polar surface area (TPSA) is 38.9 Å². The van der Waals surface area contributed by atoms with Gasteiger partial charge < -0.3 is 5.73 Å². The minimum Gasteiger partial charge on any atom is -0.325 e. The molecule has 0 aliphatic heterocycles. The molecule has 2 N–H and O–H groups in total. The monoisotopic (exact) mass is 254 g/mol. The highest BCUT2D eigenvalue weighted by atomic mass is 32.1. The first kappa shape index (κ1) is 11.4. The number of benzene rings is 2. The Bertz CT molecular complexity index is 673. The van der Waals surface area contributed by atoms with Crippen LogP contribution in [0.4, 0.5) is 0 Å². The van der Waals surface area contributed by atoms with E-state index in [1.165, 1.54) is 16.3 Å². The lowest BCUT2D eigenvalue weighted by molar-refractivity contribution is 0.983. The average Bonchev–Trinajstić information content (AvgIpc) is 2.86. The molecule has 3 rings (SSSR count). The summed E-state index contributed by atoms with van der Waals surface area (Å²) in [4.78, 5) is 4.50. The number of nitrogens with two attached hydrogens (primary N) is 1. The molecule has 0 saturated heterocycles. The predicted molar refractivity (Wildman–Crippen MR) is 76.8 cm³/mol. The Hall–Kier alpha value is -1.71. The SMILES string of the molecule is NCc1csc(Cc2ccc3ccccc3c2)n1. The molecule has 0 radical (unpaired) electrons. The highest BCUT2D eigenvalue weighted by molar-refractivity contribution is 7.09. The third-order valence-corrected chi connectivity index (χ3v) is 3.88. The summed E-state index contributed by atoms with van der Waals surface area (Å²) < 4.78 is 0. The van der Waals surface area contributed by atoms with E-state index in [0.29, 0.717) is 6.54 Å². The number of nitrogens with zero attached hydrogens (tertiary/aromatic N) is 1. The lowest BCUT2D eigenvalue weighted by atomic mass is 10.1. The Balaban J connectivity index is 1.90. The van der Waals surface area contributed by atoms with Crippen molar-refractivity contribution in [2.75, 3.05) is 0 Å². The molecule has 0 aliphatic carbocycles. The molecule has 3 aromatic rings. The molecular formula is C15H14N2S. The third kappa shape index (κ3) is 2.28. The van der Waals surface area contributed by atoms with E-state index in [1.54, 1.807) is 11.3 Å². The van der Waals surface area contributed by atoms with Crippen LogP contribution in [0.1, 0.15) is 16.3 Å². The summed E-state index contributed by atoms with van der Waals surface area (Å²) in [5.41, 5.74) is 7.86. The highest BCUT2D eigenvalue weighted by Crippen LogP contribution is 2.19. The standard InChI is InChI=1S/C15H14N2S/c16-9-14-10-18-15(17-14)8-11-5-6-12-3-1-2-4-13(12)7-11/h1-7,10H,8-9,16H2. The van der Waals surface area contributed by atoms with Crippen LogP contribution in [-0.4, -0.2) is 4.98 Å². The second-order valence-electron chi connectivity index (χ2n) is 4.29. The maximum atomic E-state index is 5.58. The van der Waals surface area contributed by atoms with Gasteiger partial charge in [-0.05, 0) is 16.3 Å². The molecule has 0 atom stereocenters. The van der Waals surface area contributed by atoms with Crippen LogP contribution in [-0.2, 0) is 13.0 Å². The molecule has 2 aromatic carbocycles. The maximum absolute atomic E-state index is 5.58. The summed E-state index contributed by atoms with van der Waals surface area (Å²) in [6.07, 6.45) is 0.884. The second kappa shape index (κ2) is 4.88. The van der Waals surface area contributed by atoms with Crippen molar-refractivity contribution in [1.29, 1.82) is 0 Å². The fourth-order valence-corrected chi connectivity index (χ4v) is 2.89. The molecule has 0 saturated carbocycles. The smallest absolute Gasteiger partial charge is 0.0972 e. The molecule has 3 heteroatoms. The van der Waals surface area contributed by atoms with Gasteiger partial charge in [-0.15, -0.1) is 11.3 Å². The van der Waals surface area contributed by atoms with Gasteiger partial charge >= 0.3 is 0 Å². The minimum atomic E-state index is 0.522. The van der Waals surface area contributed by atoms with Crippen LogP contribution in [0.3, 0.4) is 0 Å². The van der Waals surface area contributed by atoms with Crippen LogP contribution in [0.25, 0.3) is 10.8 Å². The fourth-order valence-electron chi connectivity index (χ4n) is 2.05. The number of aromatic nitrogens is 1. The summed E-state index contributed by atoms with van der Waals surface area (Å²) in [6.45, 7) is 0.522. The van der Waals surface area contributed by atoms with Crippen molar-refractivity contribution in [3.8, 4) is 0 Å². The minimum absolute atomic E-state index is 0.522. The molecule has 1 aromatic heterocycles. The van der Waals surface area contributed by atoms with E-state index in [-0.39, 0.29) is 0 Å². The van der Waals surface area contributed by atoms with Gasteiger partial charge in [-0.2, -0.15) is 0 Å². The van der Waals surface area contributed by atoms with Crippen LogP contribution in [0.5, 0.6) is 0 Å². The third-order valence-electron chi connectivity index (χ3n) is 2.98. The maximum Gasteiger partial charge on any atom is 0.0972 e. The van der Waals surface area contributed by atoms with E-state index in [1.807, 2.05) is 5.38 Å². The van der Waals surface area contributed by atoms with Crippen LogP contribution in [0, 0.1) is 0 Å². The van der Waals surface area contributed by atoms with Gasteiger partial charge in [-0.1, -0.05) is 42.5 Å². The Labute approximate surface area is 110 Å². The first-order chi connectivity index (χ1) is 8.85. The quantitative estimate of drug-likeness (QED) is 0.778.